The van der Waals surface area contributed by atoms with E-state index in [0.29, 0.717) is 12.5 Å². The highest BCUT2D eigenvalue weighted by Gasteiger charge is 2.13. The molecule has 1 aliphatic rings. The van der Waals surface area contributed by atoms with Crippen LogP contribution in [0.15, 0.2) is 22.8 Å². The summed E-state index contributed by atoms with van der Waals surface area (Å²) >= 11 is 3.36. The van der Waals surface area contributed by atoms with Crippen LogP contribution in [0.4, 0.5) is 0 Å². The van der Waals surface area contributed by atoms with Crippen LogP contribution < -0.4 is 0 Å². The standard InChI is InChI=1S/C12H16BrNO2/c13-11-1-2-12(14-7-11)9-16-8-10-3-5-15-6-4-10/h1-2,7,10H,3-6,8-9H2. The number of hydrogen-bond acceptors (Lipinski definition) is 3. The van der Waals surface area contributed by atoms with Crippen LogP contribution in [0.5, 0.6) is 0 Å². The highest BCUT2D eigenvalue weighted by Crippen LogP contribution is 2.15. The summed E-state index contributed by atoms with van der Waals surface area (Å²) in [6, 6.07) is 3.97. The van der Waals surface area contributed by atoms with Crippen LogP contribution in [0.1, 0.15) is 18.5 Å². The number of aromatic nitrogens is 1. The second kappa shape index (κ2) is 6.33. The molecule has 2 heterocycles. The van der Waals surface area contributed by atoms with Crippen LogP contribution in [0.25, 0.3) is 0 Å². The van der Waals surface area contributed by atoms with Crippen molar-refractivity contribution < 1.29 is 9.47 Å². The number of halogens is 1. The van der Waals surface area contributed by atoms with Crippen LogP contribution in [0.2, 0.25) is 0 Å². The Morgan fingerprint density at radius 3 is 2.88 bits per heavy atom. The third-order valence-electron chi connectivity index (χ3n) is 2.73. The van der Waals surface area contributed by atoms with Crippen molar-refractivity contribution in [2.45, 2.75) is 19.4 Å². The molecular formula is C12H16BrNO2. The number of hydrogen-bond donors (Lipinski definition) is 0. The molecule has 0 aromatic carbocycles. The minimum absolute atomic E-state index is 0.602. The molecule has 3 nitrogen and oxygen atoms in total. The molecule has 4 heteroatoms. The zero-order chi connectivity index (χ0) is 11.2. The Bertz CT molecular complexity index is 309. The smallest absolute Gasteiger partial charge is 0.0887 e. The fourth-order valence-corrected chi connectivity index (χ4v) is 1.97. The molecule has 1 fully saturated rings. The van der Waals surface area contributed by atoms with E-state index in [1.54, 1.807) is 6.20 Å². The summed E-state index contributed by atoms with van der Waals surface area (Å²) in [6.45, 7) is 3.18. The monoisotopic (exact) mass is 285 g/mol. The minimum Gasteiger partial charge on any atom is -0.381 e. The molecule has 2 rings (SSSR count). The van der Waals surface area contributed by atoms with Gasteiger partial charge < -0.3 is 9.47 Å². The summed E-state index contributed by atoms with van der Waals surface area (Å²) < 4.78 is 12.0. The molecule has 1 aliphatic heterocycles. The topological polar surface area (TPSA) is 31.4 Å². The quantitative estimate of drug-likeness (QED) is 0.853. The Morgan fingerprint density at radius 1 is 1.38 bits per heavy atom. The Morgan fingerprint density at radius 2 is 2.19 bits per heavy atom. The van der Waals surface area contributed by atoms with Gasteiger partial charge in [0.25, 0.3) is 0 Å². The van der Waals surface area contributed by atoms with Gasteiger partial charge in [0.15, 0.2) is 0 Å². The van der Waals surface area contributed by atoms with Crippen molar-refractivity contribution in [3.05, 3.63) is 28.5 Å². The molecule has 88 valence electrons. The molecule has 0 saturated carbocycles. The maximum Gasteiger partial charge on any atom is 0.0887 e. The summed E-state index contributed by atoms with van der Waals surface area (Å²) in [5.41, 5.74) is 0.982. The summed E-state index contributed by atoms with van der Waals surface area (Å²) in [6.07, 6.45) is 4.04. The molecule has 0 unspecified atom stereocenters. The lowest BCUT2D eigenvalue weighted by Crippen LogP contribution is -2.20. The van der Waals surface area contributed by atoms with Gasteiger partial charge >= 0.3 is 0 Å². The minimum atomic E-state index is 0.602. The first-order chi connectivity index (χ1) is 7.84. The zero-order valence-corrected chi connectivity index (χ0v) is 10.8. The second-order valence-electron chi connectivity index (χ2n) is 4.04. The maximum atomic E-state index is 5.67. The molecule has 16 heavy (non-hydrogen) atoms. The molecule has 0 radical (unpaired) electrons. The lowest BCUT2D eigenvalue weighted by atomic mass is 10.0. The zero-order valence-electron chi connectivity index (χ0n) is 9.19. The average molecular weight is 286 g/mol. The largest absolute Gasteiger partial charge is 0.381 e. The van der Waals surface area contributed by atoms with Crippen LogP contribution in [-0.2, 0) is 16.1 Å². The highest BCUT2D eigenvalue weighted by molar-refractivity contribution is 9.10. The lowest BCUT2D eigenvalue weighted by molar-refractivity contribution is 0.0150. The first-order valence-corrected chi connectivity index (χ1v) is 6.40. The predicted molar refractivity (Wildman–Crippen MR) is 65.1 cm³/mol. The Kier molecular flexibility index (Phi) is 4.75. The van der Waals surface area contributed by atoms with E-state index in [0.717, 1.165) is 42.8 Å². The summed E-state index contributed by atoms with van der Waals surface area (Å²) in [4.78, 5) is 4.26. The molecule has 1 aromatic rings. The Hall–Kier alpha value is -0.450. The molecule has 0 N–H and O–H groups in total. The van der Waals surface area contributed by atoms with Gasteiger partial charge in [-0.1, -0.05) is 0 Å². The van der Waals surface area contributed by atoms with Crippen molar-refractivity contribution >= 4 is 15.9 Å². The van der Waals surface area contributed by atoms with Crippen molar-refractivity contribution in [3.63, 3.8) is 0 Å². The normalized spacial score (nSPS) is 17.6. The Labute approximate surface area is 104 Å². The van der Waals surface area contributed by atoms with Gasteiger partial charge in [0.05, 0.1) is 18.9 Å². The molecule has 1 saturated heterocycles. The molecular weight excluding hydrogens is 270 g/mol. The van der Waals surface area contributed by atoms with Gasteiger partial charge in [-0.2, -0.15) is 0 Å². The molecule has 0 spiro atoms. The highest BCUT2D eigenvalue weighted by atomic mass is 79.9. The van der Waals surface area contributed by atoms with Crippen molar-refractivity contribution in [2.75, 3.05) is 19.8 Å². The summed E-state index contributed by atoms with van der Waals surface area (Å²) in [5, 5.41) is 0. The molecule has 0 bridgehead atoms. The van der Waals surface area contributed by atoms with Crippen LogP contribution in [0.3, 0.4) is 0 Å². The van der Waals surface area contributed by atoms with E-state index in [-0.39, 0.29) is 0 Å². The van der Waals surface area contributed by atoms with Gasteiger partial charge in [-0.3, -0.25) is 4.98 Å². The van der Waals surface area contributed by atoms with Crippen LogP contribution in [-0.4, -0.2) is 24.8 Å². The Balaban J connectivity index is 1.69. The van der Waals surface area contributed by atoms with Gasteiger partial charge in [0, 0.05) is 23.9 Å². The maximum absolute atomic E-state index is 5.67. The van der Waals surface area contributed by atoms with E-state index in [2.05, 4.69) is 20.9 Å². The fourth-order valence-electron chi connectivity index (χ4n) is 1.74. The molecule has 0 aliphatic carbocycles. The number of pyridine rings is 1. The van der Waals surface area contributed by atoms with Crippen LogP contribution in [0, 0.1) is 5.92 Å². The van der Waals surface area contributed by atoms with E-state index in [4.69, 9.17) is 9.47 Å². The first-order valence-electron chi connectivity index (χ1n) is 5.60. The van der Waals surface area contributed by atoms with E-state index >= 15 is 0 Å². The van der Waals surface area contributed by atoms with Crippen molar-refractivity contribution in [2.24, 2.45) is 5.92 Å². The average Bonchev–Trinajstić information content (AvgIpc) is 2.33. The van der Waals surface area contributed by atoms with Crippen LogP contribution >= 0.6 is 15.9 Å². The summed E-state index contributed by atoms with van der Waals surface area (Å²) in [5.74, 6) is 0.657. The second-order valence-corrected chi connectivity index (χ2v) is 4.95. The predicted octanol–water partition coefficient (Wildman–Crippen LogP) is 2.79. The van der Waals surface area contributed by atoms with E-state index < -0.39 is 0 Å². The third-order valence-corrected chi connectivity index (χ3v) is 3.20. The number of rotatable bonds is 4. The van der Waals surface area contributed by atoms with Crippen molar-refractivity contribution in [1.82, 2.24) is 4.98 Å². The SMILES string of the molecule is Brc1ccc(COCC2CCOCC2)nc1. The lowest BCUT2D eigenvalue weighted by Gasteiger charge is -2.21. The van der Waals surface area contributed by atoms with Gasteiger partial charge in [-0.15, -0.1) is 0 Å². The number of nitrogens with zero attached hydrogens (tertiary/aromatic N) is 1. The van der Waals surface area contributed by atoms with E-state index in [1.165, 1.54) is 0 Å². The summed E-state index contributed by atoms with van der Waals surface area (Å²) in [7, 11) is 0. The third kappa shape index (κ3) is 3.85. The number of ether oxygens (including phenoxy) is 2. The van der Waals surface area contributed by atoms with Gasteiger partial charge in [-0.25, -0.2) is 0 Å². The van der Waals surface area contributed by atoms with Gasteiger partial charge in [0.2, 0.25) is 0 Å². The van der Waals surface area contributed by atoms with Gasteiger partial charge in [-0.05, 0) is 46.8 Å². The van der Waals surface area contributed by atoms with Crippen molar-refractivity contribution in [1.29, 1.82) is 0 Å². The van der Waals surface area contributed by atoms with E-state index in [1.807, 2.05) is 12.1 Å². The first kappa shape index (κ1) is 12.0. The molecule has 0 amide bonds. The van der Waals surface area contributed by atoms with Gasteiger partial charge in [0.1, 0.15) is 0 Å². The van der Waals surface area contributed by atoms with E-state index in [9.17, 15) is 0 Å². The fraction of sp³-hybridized carbons (Fsp3) is 0.583. The van der Waals surface area contributed by atoms with Crippen molar-refractivity contribution in [3.8, 4) is 0 Å². The molecule has 1 aromatic heterocycles. The molecule has 0 atom stereocenters.